The van der Waals surface area contributed by atoms with Gasteiger partial charge in [0.15, 0.2) is 17.4 Å². The third-order valence-corrected chi connectivity index (χ3v) is 5.59. The second-order valence-corrected chi connectivity index (χ2v) is 7.81. The number of pyridine rings is 1. The van der Waals surface area contributed by atoms with Crippen molar-refractivity contribution in [3.63, 3.8) is 0 Å². The number of likely N-dealkylation sites (tertiary alicyclic amines) is 1. The Kier molecular flexibility index (Phi) is 6.92. The summed E-state index contributed by atoms with van der Waals surface area (Å²) < 4.78 is 1.98. The van der Waals surface area contributed by atoms with Gasteiger partial charge in [-0.1, -0.05) is 36.4 Å². The normalized spacial score (nSPS) is 17.5. The third-order valence-electron chi connectivity index (χ3n) is 5.59. The van der Waals surface area contributed by atoms with Crippen LogP contribution in [0.1, 0.15) is 24.7 Å². The van der Waals surface area contributed by atoms with Gasteiger partial charge >= 0.3 is 0 Å². The van der Waals surface area contributed by atoms with Gasteiger partial charge in [0.1, 0.15) is 6.54 Å². The van der Waals surface area contributed by atoms with E-state index >= 15 is 0 Å². The maximum Gasteiger partial charge on any atom is 0.191 e. The number of hydrogen-bond donors (Lipinski definition) is 2. The number of fused-ring (bicyclic) bond motifs is 1. The average molecular weight is 406 g/mol. The Morgan fingerprint density at radius 3 is 2.83 bits per heavy atom. The molecular formula is C23H31N7. The topological polar surface area (TPSA) is 69.8 Å². The van der Waals surface area contributed by atoms with Crippen molar-refractivity contribution in [1.29, 1.82) is 0 Å². The molecule has 0 radical (unpaired) electrons. The van der Waals surface area contributed by atoms with Crippen LogP contribution in [0.15, 0.2) is 59.7 Å². The van der Waals surface area contributed by atoms with Crippen molar-refractivity contribution in [2.75, 3.05) is 32.7 Å². The lowest BCUT2D eigenvalue weighted by Gasteiger charge is -2.17. The van der Waals surface area contributed by atoms with Gasteiger partial charge in [0.2, 0.25) is 0 Å². The summed E-state index contributed by atoms with van der Waals surface area (Å²) in [7, 11) is 0. The molecular weight excluding hydrogens is 374 g/mol. The molecule has 3 heterocycles. The van der Waals surface area contributed by atoms with Crippen LogP contribution in [0.25, 0.3) is 5.65 Å². The van der Waals surface area contributed by atoms with Crippen LogP contribution in [-0.4, -0.2) is 58.2 Å². The Hall–Kier alpha value is -2.93. The fraction of sp³-hybridized carbons (Fsp3) is 0.435. The van der Waals surface area contributed by atoms with Gasteiger partial charge in [0, 0.05) is 32.4 Å². The molecule has 0 bridgehead atoms. The quantitative estimate of drug-likeness (QED) is 0.445. The van der Waals surface area contributed by atoms with E-state index in [4.69, 9.17) is 4.99 Å². The molecule has 3 aromatic rings. The molecule has 1 aliphatic heterocycles. The summed E-state index contributed by atoms with van der Waals surface area (Å²) in [4.78, 5) is 7.29. The van der Waals surface area contributed by atoms with E-state index in [0.717, 1.165) is 50.0 Å². The molecule has 0 saturated carbocycles. The zero-order valence-electron chi connectivity index (χ0n) is 17.7. The Balaban J connectivity index is 1.26. The zero-order valence-corrected chi connectivity index (χ0v) is 17.7. The van der Waals surface area contributed by atoms with Gasteiger partial charge in [-0.25, -0.2) is 4.99 Å². The fourth-order valence-electron chi connectivity index (χ4n) is 3.95. The highest BCUT2D eigenvalue weighted by Crippen LogP contribution is 2.16. The molecule has 0 aliphatic carbocycles. The summed E-state index contributed by atoms with van der Waals surface area (Å²) in [5.41, 5.74) is 2.27. The molecule has 7 heteroatoms. The van der Waals surface area contributed by atoms with Crippen LogP contribution < -0.4 is 10.6 Å². The average Bonchev–Trinajstić information content (AvgIpc) is 3.42. The first-order valence-electron chi connectivity index (χ1n) is 10.9. The number of benzene rings is 1. The van der Waals surface area contributed by atoms with Crippen molar-refractivity contribution in [1.82, 2.24) is 30.1 Å². The van der Waals surface area contributed by atoms with Crippen LogP contribution in [0.5, 0.6) is 0 Å². The Bertz CT molecular complexity index is 950. The molecule has 2 aromatic heterocycles. The zero-order chi connectivity index (χ0) is 20.6. The van der Waals surface area contributed by atoms with E-state index < -0.39 is 0 Å². The van der Waals surface area contributed by atoms with E-state index in [9.17, 15) is 0 Å². The predicted molar refractivity (Wildman–Crippen MR) is 120 cm³/mol. The summed E-state index contributed by atoms with van der Waals surface area (Å²) in [6.07, 6.45) is 4.33. The van der Waals surface area contributed by atoms with Crippen LogP contribution in [0.2, 0.25) is 0 Å². The number of rotatable bonds is 8. The maximum atomic E-state index is 4.72. The second-order valence-electron chi connectivity index (χ2n) is 7.81. The summed E-state index contributed by atoms with van der Waals surface area (Å²) in [6, 6.07) is 16.7. The number of aliphatic imine (C=N–C) groups is 1. The molecule has 7 nitrogen and oxygen atoms in total. The highest BCUT2D eigenvalue weighted by molar-refractivity contribution is 5.79. The molecule has 1 unspecified atom stereocenters. The van der Waals surface area contributed by atoms with Crippen LogP contribution in [-0.2, 0) is 13.0 Å². The maximum absolute atomic E-state index is 4.72. The summed E-state index contributed by atoms with van der Waals surface area (Å²) in [5, 5.41) is 15.3. The Morgan fingerprint density at radius 2 is 1.97 bits per heavy atom. The number of aromatic nitrogens is 3. The van der Waals surface area contributed by atoms with E-state index in [-0.39, 0.29) is 0 Å². The van der Waals surface area contributed by atoms with E-state index in [2.05, 4.69) is 63.0 Å². The molecule has 1 saturated heterocycles. The lowest BCUT2D eigenvalue weighted by molar-refractivity contribution is 0.328. The minimum absolute atomic E-state index is 0.494. The number of guanidine groups is 1. The monoisotopic (exact) mass is 405 g/mol. The molecule has 0 spiro atoms. The van der Waals surface area contributed by atoms with Gasteiger partial charge in [-0.05, 0) is 49.9 Å². The third kappa shape index (κ3) is 5.36. The molecule has 4 rings (SSSR count). The number of hydrogen-bond acceptors (Lipinski definition) is 4. The van der Waals surface area contributed by atoms with Crippen molar-refractivity contribution < 1.29 is 0 Å². The molecule has 1 aromatic carbocycles. The SMILES string of the molecule is CCNC(=NCc1nnc2ccccn12)NCC1CCN(CCc2ccccc2)C1. The van der Waals surface area contributed by atoms with Gasteiger partial charge in [-0.2, -0.15) is 0 Å². The van der Waals surface area contributed by atoms with E-state index in [1.54, 1.807) is 0 Å². The first-order chi connectivity index (χ1) is 14.8. The molecule has 30 heavy (non-hydrogen) atoms. The van der Waals surface area contributed by atoms with Crippen molar-refractivity contribution in [2.45, 2.75) is 26.3 Å². The minimum atomic E-state index is 0.494. The van der Waals surface area contributed by atoms with Gasteiger partial charge in [0.05, 0.1) is 0 Å². The lowest BCUT2D eigenvalue weighted by Crippen LogP contribution is -2.40. The Labute approximate surface area is 178 Å². The van der Waals surface area contributed by atoms with Gasteiger partial charge in [0.25, 0.3) is 0 Å². The Morgan fingerprint density at radius 1 is 1.10 bits per heavy atom. The summed E-state index contributed by atoms with van der Waals surface area (Å²) in [5.74, 6) is 2.34. The largest absolute Gasteiger partial charge is 0.357 e. The van der Waals surface area contributed by atoms with E-state index in [1.807, 2.05) is 28.8 Å². The van der Waals surface area contributed by atoms with Crippen LogP contribution in [0.3, 0.4) is 0 Å². The molecule has 158 valence electrons. The van der Waals surface area contributed by atoms with Crippen molar-refractivity contribution in [3.05, 3.63) is 66.1 Å². The van der Waals surface area contributed by atoms with Gasteiger partial charge in [-0.15, -0.1) is 10.2 Å². The standard InChI is InChI=1S/C23H31N7/c1-2-24-23(26-17-22-28-27-21-10-6-7-13-30(21)22)25-16-20-12-15-29(18-20)14-11-19-8-4-3-5-9-19/h3-10,13,20H,2,11-12,14-18H2,1H3,(H2,24,25,26). The predicted octanol–water partition coefficient (Wildman–Crippen LogP) is 2.35. The lowest BCUT2D eigenvalue weighted by atomic mass is 10.1. The summed E-state index contributed by atoms with van der Waals surface area (Å²) in [6.45, 7) is 7.81. The van der Waals surface area contributed by atoms with Crippen LogP contribution in [0, 0.1) is 5.92 Å². The molecule has 1 atom stereocenters. The van der Waals surface area contributed by atoms with Gasteiger partial charge in [-0.3, -0.25) is 4.40 Å². The first kappa shape index (κ1) is 20.3. The van der Waals surface area contributed by atoms with E-state index in [1.165, 1.54) is 18.5 Å². The van der Waals surface area contributed by atoms with Crippen LogP contribution >= 0.6 is 0 Å². The molecule has 1 aliphatic rings. The summed E-state index contributed by atoms with van der Waals surface area (Å²) >= 11 is 0. The van der Waals surface area contributed by atoms with Crippen molar-refractivity contribution in [2.24, 2.45) is 10.9 Å². The van der Waals surface area contributed by atoms with Crippen molar-refractivity contribution in [3.8, 4) is 0 Å². The molecule has 2 N–H and O–H groups in total. The van der Waals surface area contributed by atoms with Crippen molar-refractivity contribution >= 4 is 11.6 Å². The van der Waals surface area contributed by atoms with Crippen LogP contribution in [0.4, 0.5) is 0 Å². The second kappa shape index (κ2) is 10.2. The fourth-order valence-corrected chi connectivity index (χ4v) is 3.95. The minimum Gasteiger partial charge on any atom is -0.357 e. The number of nitrogens with zero attached hydrogens (tertiary/aromatic N) is 5. The highest BCUT2D eigenvalue weighted by Gasteiger charge is 2.22. The smallest absolute Gasteiger partial charge is 0.191 e. The first-order valence-corrected chi connectivity index (χ1v) is 10.9. The highest BCUT2D eigenvalue weighted by atomic mass is 15.3. The number of nitrogens with one attached hydrogen (secondary N) is 2. The molecule has 1 fully saturated rings. The van der Waals surface area contributed by atoms with E-state index in [0.29, 0.717) is 12.5 Å². The van der Waals surface area contributed by atoms with Gasteiger partial charge < -0.3 is 15.5 Å². The molecule has 0 amide bonds.